The zero-order valence-corrected chi connectivity index (χ0v) is 18.9. The zero-order chi connectivity index (χ0) is 22.1. The van der Waals surface area contributed by atoms with Gasteiger partial charge in [-0.3, -0.25) is 4.79 Å². The van der Waals surface area contributed by atoms with Gasteiger partial charge >= 0.3 is 0 Å². The molecule has 1 amide bonds. The first-order valence-electron chi connectivity index (χ1n) is 11.7. The Morgan fingerprint density at radius 1 is 0.806 bits per heavy atom. The molecule has 162 valence electrons. The second-order valence-corrected chi connectivity index (χ2v) is 8.42. The number of carbonyl (C=O) groups excluding carboxylic acids is 1. The van der Waals surface area contributed by atoms with E-state index >= 15 is 0 Å². The first-order chi connectivity index (χ1) is 15.1. The molecule has 3 aromatic rings. The Bertz CT molecular complexity index is 977. The van der Waals surface area contributed by atoms with Crippen molar-refractivity contribution in [3.8, 4) is 11.1 Å². The SMILES string of the molecule is CCCCc1cccc(C(Cc2cccc(-c3ccccc3)c2)C(N)=O)c1CCCC. The molecule has 1 unspecified atom stereocenters. The Balaban J connectivity index is 1.95. The van der Waals surface area contributed by atoms with E-state index in [1.54, 1.807) is 0 Å². The minimum atomic E-state index is -0.306. The maximum absolute atomic E-state index is 12.6. The van der Waals surface area contributed by atoms with Crippen LogP contribution in [0.5, 0.6) is 0 Å². The van der Waals surface area contributed by atoms with Gasteiger partial charge in [-0.25, -0.2) is 0 Å². The fourth-order valence-corrected chi connectivity index (χ4v) is 4.35. The lowest BCUT2D eigenvalue weighted by Gasteiger charge is -2.21. The number of hydrogen-bond donors (Lipinski definition) is 1. The van der Waals surface area contributed by atoms with Crippen molar-refractivity contribution in [2.45, 2.75) is 64.7 Å². The quantitative estimate of drug-likeness (QED) is 0.367. The van der Waals surface area contributed by atoms with E-state index in [4.69, 9.17) is 5.73 Å². The van der Waals surface area contributed by atoms with Crippen LogP contribution >= 0.6 is 0 Å². The third-order valence-electron chi connectivity index (χ3n) is 6.08. The molecule has 0 saturated heterocycles. The van der Waals surface area contributed by atoms with Gasteiger partial charge in [0.25, 0.3) is 0 Å². The summed E-state index contributed by atoms with van der Waals surface area (Å²) in [7, 11) is 0. The molecular weight excluding hydrogens is 378 g/mol. The van der Waals surface area contributed by atoms with Crippen LogP contribution in [0.2, 0.25) is 0 Å². The molecule has 0 saturated carbocycles. The van der Waals surface area contributed by atoms with Crippen LogP contribution in [0.1, 0.15) is 67.7 Å². The van der Waals surface area contributed by atoms with Gasteiger partial charge in [-0.2, -0.15) is 0 Å². The fourth-order valence-electron chi connectivity index (χ4n) is 4.35. The van der Waals surface area contributed by atoms with Crippen LogP contribution in [-0.4, -0.2) is 5.91 Å². The summed E-state index contributed by atoms with van der Waals surface area (Å²) < 4.78 is 0. The average molecular weight is 414 g/mol. The monoisotopic (exact) mass is 413 g/mol. The van der Waals surface area contributed by atoms with Crippen LogP contribution in [0, 0.1) is 0 Å². The second kappa shape index (κ2) is 11.5. The Morgan fingerprint density at radius 2 is 1.48 bits per heavy atom. The van der Waals surface area contributed by atoms with Crippen LogP contribution in [0.25, 0.3) is 11.1 Å². The number of primary amides is 1. The molecule has 0 aliphatic carbocycles. The smallest absolute Gasteiger partial charge is 0.225 e. The number of hydrogen-bond acceptors (Lipinski definition) is 1. The number of carbonyl (C=O) groups is 1. The number of unbranched alkanes of at least 4 members (excludes halogenated alkanes) is 2. The Kier molecular flexibility index (Phi) is 8.46. The van der Waals surface area contributed by atoms with E-state index in [1.807, 2.05) is 6.07 Å². The molecule has 0 fully saturated rings. The number of benzene rings is 3. The number of amides is 1. The third-order valence-corrected chi connectivity index (χ3v) is 6.08. The topological polar surface area (TPSA) is 43.1 Å². The van der Waals surface area contributed by atoms with Gasteiger partial charge in [-0.1, -0.05) is 99.5 Å². The summed E-state index contributed by atoms with van der Waals surface area (Å²) >= 11 is 0. The lowest BCUT2D eigenvalue weighted by molar-refractivity contribution is -0.119. The molecule has 0 aliphatic heterocycles. The molecule has 0 aliphatic rings. The van der Waals surface area contributed by atoms with Gasteiger partial charge in [0, 0.05) is 0 Å². The molecule has 2 nitrogen and oxygen atoms in total. The van der Waals surface area contributed by atoms with Gasteiger partial charge in [0.1, 0.15) is 0 Å². The summed E-state index contributed by atoms with van der Waals surface area (Å²) in [6.45, 7) is 4.44. The summed E-state index contributed by atoms with van der Waals surface area (Å²) in [4.78, 5) is 12.6. The van der Waals surface area contributed by atoms with Crippen molar-refractivity contribution >= 4 is 5.91 Å². The van der Waals surface area contributed by atoms with Crippen molar-refractivity contribution in [3.63, 3.8) is 0 Å². The minimum Gasteiger partial charge on any atom is -0.369 e. The molecule has 0 radical (unpaired) electrons. The highest BCUT2D eigenvalue weighted by Crippen LogP contribution is 2.30. The van der Waals surface area contributed by atoms with Gasteiger partial charge in [0.15, 0.2) is 0 Å². The molecule has 0 heterocycles. The Labute approximate surface area is 187 Å². The Hall–Kier alpha value is -2.87. The molecule has 1 atom stereocenters. The average Bonchev–Trinajstić information content (AvgIpc) is 2.80. The van der Waals surface area contributed by atoms with Gasteiger partial charge in [0.05, 0.1) is 5.92 Å². The van der Waals surface area contributed by atoms with E-state index in [1.165, 1.54) is 35.1 Å². The number of rotatable bonds is 11. The summed E-state index contributed by atoms with van der Waals surface area (Å²) in [5.74, 6) is -0.546. The highest BCUT2D eigenvalue weighted by atomic mass is 16.1. The fraction of sp³-hybridized carbons (Fsp3) is 0.345. The zero-order valence-electron chi connectivity index (χ0n) is 18.9. The minimum absolute atomic E-state index is 0.240. The van der Waals surface area contributed by atoms with Crippen molar-refractivity contribution in [1.29, 1.82) is 0 Å². The highest BCUT2D eigenvalue weighted by Gasteiger charge is 2.23. The number of aryl methyl sites for hydroxylation is 1. The summed E-state index contributed by atoms with van der Waals surface area (Å²) in [6.07, 6.45) is 7.32. The molecule has 31 heavy (non-hydrogen) atoms. The number of nitrogens with two attached hydrogens (primary N) is 1. The van der Waals surface area contributed by atoms with E-state index in [2.05, 4.69) is 80.6 Å². The van der Waals surface area contributed by atoms with E-state index < -0.39 is 0 Å². The van der Waals surface area contributed by atoms with Gasteiger partial charge in [-0.05, 0) is 65.5 Å². The molecule has 0 bridgehead atoms. The highest BCUT2D eigenvalue weighted by molar-refractivity contribution is 5.83. The van der Waals surface area contributed by atoms with E-state index in [-0.39, 0.29) is 11.8 Å². The predicted octanol–water partition coefficient (Wildman–Crippen LogP) is 6.85. The summed E-state index contributed by atoms with van der Waals surface area (Å²) in [6, 6.07) is 25.3. The lowest BCUT2D eigenvalue weighted by Crippen LogP contribution is -2.25. The first-order valence-corrected chi connectivity index (χ1v) is 11.7. The molecule has 2 heteroatoms. The van der Waals surface area contributed by atoms with Crippen molar-refractivity contribution in [3.05, 3.63) is 95.1 Å². The van der Waals surface area contributed by atoms with Gasteiger partial charge in [-0.15, -0.1) is 0 Å². The van der Waals surface area contributed by atoms with Crippen molar-refractivity contribution in [2.75, 3.05) is 0 Å². The first kappa shape index (κ1) is 22.8. The van der Waals surface area contributed by atoms with Crippen LogP contribution < -0.4 is 5.73 Å². The van der Waals surface area contributed by atoms with Crippen LogP contribution in [-0.2, 0) is 24.1 Å². The molecule has 0 aromatic heterocycles. The normalized spacial score (nSPS) is 11.9. The molecule has 3 aromatic carbocycles. The lowest BCUT2D eigenvalue weighted by atomic mass is 9.83. The Morgan fingerprint density at radius 3 is 2.19 bits per heavy atom. The van der Waals surface area contributed by atoms with Crippen LogP contribution in [0.3, 0.4) is 0 Å². The van der Waals surface area contributed by atoms with Crippen molar-refractivity contribution in [1.82, 2.24) is 0 Å². The van der Waals surface area contributed by atoms with Crippen molar-refractivity contribution < 1.29 is 4.79 Å². The summed E-state index contributed by atoms with van der Waals surface area (Å²) in [5, 5.41) is 0. The maximum atomic E-state index is 12.6. The van der Waals surface area contributed by atoms with Gasteiger partial charge in [0.2, 0.25) is 5.91 Å². The standard InChI is InChI=1S/C29H35NO/c1-3-5-13-24-16-11-19-27(26(24)18-6-4-2)28(29(30)31)21-22-12-10-17-25(20-22)23-14-8-7-9-15-23/h7-12,14-17,19-20,28H,3-6,13,18,21H2,1-2H3,(H2,30,31). The summed E-state index contributed by atoms with van der Waals surface area (Å²) in [5.41, 5.74) is 13.3. The van der Waals surface area contributed by atoms with Crippen LogP contribution in [0.15, 0.2) is 72.8 Å². The van der Waals surface area contributed by atoms with E-state index in [9.17, 15) is 4.79 Å². The molecule has 3 rings (SSSR count). The van der Waals surface area contributed by atoms with E-state index in [0.29, 0.717) is 6.42 Å². The van der Waals surface area contributed by atoms with Crippen molar-refractivity contribution in [2.24, 2.45) is 5.73 Å². The van der Waals surface area contributed by atoms with E-state index in [0.717, 1.165) is 36.8 Å². The maximum Gasteiger partial charge on any atom is 0.225 e. The molecule has 0 spiro atoms. The second-order valence-electron chi connectivity index (χ2n) is 8.42. The molecule has 2 N–H and O–H groups in total. The largest absolute Gasteiger partial charge is 0.369 e. The third kappa shape index (κ3) is 6.07. The predicted molar refractivity (Wildman–Crippen MR) is 131 cm³/mol. The van der Waals surface area contributed by atoms with Gasteiger partial charge < -0.3 is 5.73 Å². The van der Waals surface area contributed by atoms with Crippen LogP contribution in [0.4, 0.5) is 0 Å². The molecular formula is C29H35NO.